The summed E-state index contributed by atoms with van der Waals surface area (Å²) >= 11 is 0. The molecule has 0 amide bonds. The number of nitrogens with zero attached hydrogens (tertiary/aromatic N) is 2. The number of ether oxygens (including phenoxy) is 1. The summed E-state index contributed by atoms with van der Waals surface area (Å²) in [5, 5.41) is 0. The minimum atomic E-state index is 0.248. The van der Waals surface area contributed by atoms with E-state index in [9.17, 15) is 0 Å². The summed E-state index contributed by atoms with van der Waals surface area (Å²) in [6.07, 6.45) is 4.23. The largest absolute Gasteiger partial charge is 0.373 e. The minimum Gasteiger partial charge on any atom is -0.373 e. The number of nitrogens with two attached hydrogens (primary N) is 1. The third-order valence-corrected chi connectivity index (χ3v) is 3.18. The Morgan fingerprint density at radius 3 is 2.71 bits per heavy atom. The maximum Gasteiger partial charge on any atom is 0.0678 e. The Morgan fingerprint density at radius 2 is 2.18 bits per heavy atom. The van der Waals surface area contributed by atoms with E-state index in [-0.39, 0.29) is 18.2 Å². The molecule has 2 N–H and O–H groups in total. The average molecular weight is 235 g/mol. The van der Waals surface area contributed by atoms with Gasteiger partial charge in [-0.1, -0.05) is 6.07 Å². The molecule has 4 heteroatoms. The van der Waals surface area contributed by atoms with Gasteiger partial charge in [-0.2, -0.15) is 0 Å². The Morgan fingerprint density at radius 1 is 1.47 bits per heavy atom. The number of aromatic nitrogens is 1. The third-order valence-electron chi connectivity index (χ3n) is 3.18. The monoisotopic (exact) mass is 235 g/mol. The van der Waals surface area contributed by atoms with Gasteiger partial charge in [-0.3, -0.25) is 9.88 Å². The average Bonchev–Trinajstić information content (AvgIpc) is 2.30. The van der Waals surface area contributed by atoms with Crippen molar-refractivity contribution in [2.75, 3.05) is 19.6 Å². The van der Waals surface area contributed by atoms with Gasteiger partial charge in [0.15, 0.2) is 0 Å². The van der Waals surface area contributed by atoms with Crippen LogP contribution in [-0.4, -0.2) is 41.7 Å². The first-order valence-electron chi connectivity index (χ1n) is 6.20. The molecule has 1 saturated heterocycles. The molecule has 1 aliphatic heterocycles. The van der Waals surface area contributed by atoms with E-state index in [1.165, 1.54) is 5.56 Å². The molecule has 94 valence electrons. The quantitative estimate of drug-likeness (QED) is 0.855. The highest BCUT2D eigenvalue weighted by atomic mass is 16.5. The summed E-state index contributed by atoms with van der Waals surface area (Å²) in [5.41, 5.74) is 7.11. The van der Waals surface area contributed by atoms with Crippen LogP contribution in [0.1, 0.15) is 25.5 Å². The molecule has 3 atom stereocenters. The Labute approximate surface area is 103 Å². The van der Waals surface area contributed by atoms with Crippen LogP contribution in [0.3, 0.4) is 0 Å². The minimum absolute atomic E-state index is 0.248. The lowest BCUT2D eigenvalue weighted by Gasteiger charge is -2.39. The molecule has 1 unspecified atom stereocenters. The third kappa shape index (κ3) is 3.03. The molecular formula is C13H21N3O. The van der Waals surface area contributed by atoms with Gasteiger partial charge in [0.05, 0.1) is 12.2 Å². The van der Waals surface area contributed by atoms with E-state index in [1.807, 2.05) is 12.3 Å². The zero-order valence-corrected chi connectivity index (χ0v) is 10.5. The van der Waals surface area contributed by atoms with Crippen molar-refractivity contribution in [2.45, 2.75) is 32.1 Å². The lowest BCUT2D eigenvalue weighted by Crippen LogP contribution is -2.48. The first kappa shape index (κ1) is 12.5. The highest BCUT2D eigenvalue weighted by Gasteiger charge is 2.28. The van der Waals surface area contributed by atoms with Crippen molar-refractivity contribution in [1.29, 1.82) is 0 Å². The topological polar surface area (TPSA) is 51.4 Å². The molecule has 1 aromatic rings. The van der Waals surface area contributed by atoms with Gasteiger partial charge in [-0.05, 0) is 25.5 Å². The van der Waals surface area contributed by atoms with Gasteiger partial charge in [0, 0.05) is 38.1 Å². The van der Waals surface area contributed by atoms with Crippen molar-refractivity contribution in [1.82, 2.24) is 9.88 Å². The van der Waals surface area contributed by atoms with Crippen LogP contribution >= 0.6 is 0 Å². The van der Waals surface area contributed by atoms with E-state index in [0.717, 1.165) is 13.1 Å². The van der Waals surface area contributed by atoms with Crippen molar-refractivity contribution < 1.29 is 4.74 Å². The van der Waals surface area contributed by atoms with Crippen LogP contribution in [0.4, 0.5) is 0 Å². The van der Waals surface area contributed by atoms with E-state index < -0.39 is 0 Å². The van der Waals surface area contributed by atoms with Gasteiger partial charge in [0.25, 0.3) is 0 Å². The van der Waals surface area contributed by atoms with Crippen LogP contribution in [0.2, 0.25) is 0 Å². The molecule has 0 spiro atoms. The van der Waals surface area contributed by atoms with Gasteiger partial charge < -0.3 is 10.5 Å². The van der Waals surface area contributed by atoms with Crippen LogP contribution in [0.15, 0.2) is 24.5 Å². The van der Waals surface area contributed by atoms with Gasteiger partial charge in [0.2, 0.25) is 0 Å². The summed E-state index contributed by atoms with van der Waals surface area (Å²) in [6, 6.07) is 4.30. The first-order valence-corrected chi connectivity index (χ1v) is 6.20. The Kier molecular flexibility index (Phi) is 4.10. The molecule has 1 aliphatic rings. The number of pyridine rings is 1. The molecule has 0 saturated carbocycles. The summed E-state index contributed by atoms with van der Waals surface area (Å²) in [6.45, 7) is 6.70. The lowest BCUT2D eigenvalue weighted by atomic mass is 10.1. The predicted octanol–water partition coefficient (Wildman–Crippen LogP) is 1.19. The van der Waals surface area contributed by atoms with Crippen LogP contribution in [-0.2, 0) is 4.74 Å². The molecule has 1 aromatic heterocycles. The summed E-state index contributed by atoms with van der Waals surface area (Å²) in [4.78, 5) is 6.57. The molecular weight excluding hydrogens is 214 g/mol. The lowest BCUT2D eigenvalue weighted by molar-refractivity contribution is -0.0799. The standard InChI is InChI=1S/C13H21N3O/c1-10-8-16(9-11(2)17-10)13(6-14)12-4-3-5-15-7-12/h3-5,7,10-11,13H,6,8-9,14H2,1-2H3/t10-,11+,13?. The van der Waals surface area contributed by atoms with E-state index >= 15 is 0 Å². The van der Waals surface area contributed by atoms with E-state index in [1.54, 1.807) is 6.20 Å². The SMILES string of the molecule is C[C@@H]1CN(C(CN)c2cccnc2)C[C@H](C)O1. The van der Waals surface area contributed by atoms with Crippen LogP contribution in [0.5, 0.6) is 0 Å². The van der Waals surface area contributed by atoms with Crippen LogP contribution in [0, 0.1) is 0 Å². The maximum atomic E-state index is 5.92. The second-order valence-electron chi connectivity index (χ2n) is 4.75. The van der Waals surface area contributed by atoms with Gasteiger partial charge in [-0.25, -0.2) is 0 Å². The summed E-state index contributed by atoms with van der Waals surface area (Å²) in [7, 11) is 0. The fourth-order valence-electron chi connectivity index (χ4n) is 2.54. The van der Waals surface area contributed by atoms with Crippen molar-refractivity contribution in [3.05, 3.63) is 30.1 Å². The normalized spacial score (nSPS) is 27.9. The van der Waals surface area contributed by atoms with Crippen molar-refractivity contribution in [2.24, 2.45) is 5.73 Å². The zero-order valence-electron chi connectivity index (χ0n) is 10.5. The Balaban J connectivity index is 2.13. The molecule has 2 rings (SSSR count). The Hall–Kier alpha value is -0.970. The van der Waals surface area contributed by atoms with Gasteiger partial charge in [-0.15, -0.1) is 0 Å². The molecule has 0 aromatic carbocycles. The van der Waals surface area contributed by atoms with Gasteiger partial charge in [0.1, 0.15) is 0 Å². The van der Waals surface area contributed by atoms with E-state index in [4.69, 9.17) is 10.5 Å². The number of morpholine rings is 1. The van der Waals surface area contributed by atoms with Crippen molar-refractivity contribution in [3.63, 3.8) is 0 Å². The molecule has 0 radical (unpaired) electrons. The maximum absolute atomic E-state index is 5.92. The van der Waals surface area contributed by atoms with Crippen LogP contribution in [0.25, 0.3) is 0 Å². The summed E-state index contributed by atoms with van der Waals surface area (Å²) < 4.78 is 5.75. The number of hydrogen-bond donors (Lipinski definition) is 1. The van der Waals surface area contributed by atoms with E-state index in [2.05, 4.69) is 29.8 Å². The molecule has 17 heavy (non-hydrogen) atoms. The molecule has 2 heterocycles. The predicted molar refractivity (Wildman–Crippen MR) is 67.6 cm³/mol. The Bertz CT molecular complexity index is 334. The van der Waals surface area contributed by atoms with Crippen molar-refractivity contribution >= 4 is 0 Å². The van der Waals surface area contributed by atoms with Crippen LogP contribution < -0.4 is 5.73 Å². The fraction of sp³-hybridized carbons (Fsp3) is 0.615. The molecule has 4 nitrogen and oxygen atoms in total. The smallest absolute Gasteiger partial charge is 0.0678 e. The van der Waals surface area contributed by atoms with E-state index in [0.29, 0.717) is 6.54 Å². The van der Waals surface area contributed by atoms with Crippen molar-refractivity contribution in [3.8, 4) is 0 Å². The summed E-state index contributed by atoms with van der Waals surface area (Å²) in [5.74, 6) is 0. The fourth-order valence-corrected chi connectivity index (χ4v) is 2.54. The highest BCUT2D eigenvalue weighted by molar-refractivity contribution is 5.14. The second-order valence-corrected chi connectivity index (χ2v) is 4.75. The number of rotatable bonds is 3. The molecule has 0 bridgehead atoms. The molecule has 1 fully saturated rings. The highest BCUT2D eigenvalue weighted by Crippen LogP contribution is 2.23. The van der Waals surface area contributed by atoms with Gasteiger partial charge >= 0.3 is 0 Å². The number of hydrogen-bond acceptors (Lipinski definition) is 4. The second kappa shape index (κ2) is 5.58. The molecule has 0 aliphatic carbocycles. The zero-order chi connectivity index (χ0) is 12.3. The first-order chi connectivity index (χ1) is 8.20.